The number of hydrogen-bond acceptors (Lipinski definition) is 5. The minimum absolute atomic E-state index is 0. The topological polar surface area (TPSA) is 70.8 Å². The normalized spacial score (nSPS) is 12.1. The van der Waals surface area contributed by atoms with E-state index in [0.717, 1.165) is 12.1 Å². The van der Waals surface area contributed by atoms with Crippen LogP contribution in [0.1, 0.15) is 18.5 Å². The highest BCUT2D eigenvalue weighted by molar-refractivity contribution is 5.85. The third-order valence-electron chi connectivity index (χ3n) is 2.78. The molecule has 5 nitrogen and oxygen atoms in total. The number of alkyl halides is 2. The number of rotatable bonds is 6. The standard InChI is InChI=1S/C13H16F3NO4.ClH/c1-4-21-12(18)13(15,16)11(17)7-5-9(19-2)10(20-3)6-8(7)14;/h5-6,11H,4,17H2,1-3H3;1H/t11-;/m0./s1. The van der Waals surface area contributed by atoms with Crippen LogP contribution >= 0.6 is 12.4 Å². The van der Waals surface area contributed by atoms with Crippen LogP contribution in [0.4, 0.5) is 13.2 Å². The molecule has 0 saturated heterocycles. The summed E-state index contributed by atoms with van der Waals surface area (Å²) in [6.45, 7) is 1.13. The van der Waals surface area contributed by atoms with Gasteiger partial charge in [0.25, 0.3) is 0 Å². The Kier molecular flexibility index (Phi) is 7.48. The van der Waals surface area contributed by atoms with Gasteiger partial charge in [-0.2, -0.15) is 8.78 Å². The zero-order valence-corrected chi connectivity index (χ0v) is 13.0. The molecule has 1 atom stereocenters. The van der Waals surface area contributed by atoms with Gasteiger partial charge in [0.15, 0.2) is 11.5 Å². The molecule has 0 unspecified atom stereocenters. The Morgan fingerprint density at radius 3 is 2.23 bits per heavy atom. The Bertz CT molecular complexity index is 528. The van der Waals surface area contributed by atoms with Crippen LogP contribution in [0.15, 0.2) is 12.1 Å². The van der Waals surface area contributed by atoms with Gasteiger partial charge in [0.05, 0.1) is 20.8 Å². The second-order valence-corrected chi connectivity index (χ2v) is 4.05. The fourth-order valence-corrected chi connectivity index (χ4v) is 1.66. The second-order valence-electron chi connectivity index (χ2n) is 4.05. The SMILES string of the molecule is CCOC(=O)C(F)(F)[C@@H](N)c1cc(OC)c(OC)cc1F.Cl. The van der Waals surface area contributed by atoms with Gasteiger partial charge in [0, 0.05) is 11.6 Å². The fraction of sp³-hybridized carbons (Fsp3) is 0.462. The van der Waals surface area contributed by atoms with Gasteiger partial charge in [-0.05, 0) is 13.0 Å². The maximum atomic E-state index is 13.9. The maximum Gasteiger partial charge on any atom is 0.379 e. The number of hydrogen-bond donors (Lipinski definition) is 1. The summed E-state index contributed by atoms with van der Waals surface area (Å²) in [5.41, 5.74) is 4.75. The molecule has 0 heterocycles. The van der Waals surface area contributed by atoms with Gasteiger partial charge in [-0.15, -0.1) is 12.4 Å². The van der Waals surface area contributed by atoms with Crippen LogP contribution in [-0.4, -0.2) is 32.7 Å². The zero-order chi connectivity index (χ0) is 16.2. The Morgan fingerprint density at radius 2 is 1.77 bits per heavy atom. The first kappa shape index (κ1) is 20.3. The zero-order valence-electron chi connectivity index (χ0n) is 12.2. The van der Waals surface area contributed by atoms with Gasteiger partial charge in [-0.3, -0.25) is 0 Å². The fourth-order valence-electron chi connectivity index (χ4n) is 1.66. The summed E-state index contributed by atoms with van der Waals surface area (Å²) in [6.07, 6.45) is 0. The van der Waals surface area contributed by atoms with E-state index in [2.05, 4.69) is 4.74 Å². The molecule has 22 heavy (non-hydrogen) atoms. The third-order valence-corrected chi connectivity index (χ3v) is 2.78. The van der Waals surface area contributed by atoms with E-state index in [0.29, 0.717) is 0 Å². The lowest BCUT2D eigenvalue weighted by molar-refractivity contribution is -0.174. The molecule has 0 radical (unpaired) electrons. The van der Waals surface area contributed by atoms with Crippen LogP contribution in [0, 0.1) is 5.82 Å². The molecular formula is C13H17ClF3NO4. The molecule has 0 bridgehead atoms. The molecule has 0 fully saturated rings. The van der Waals surface area contributed by atoms with Crippen LogP contribution < -0.4 is 15.2 Å². The van der Waals surface area contributed by atoms with Crippen LogP contribution in [-0.2, 0) is 9.53 Å². The summed E-state index contributed by atoms with van der Waals surface area (Å²) >= 11 is 0. The van der Waals surface area contributed by atoms with E-state index in [1.54, 1.807) is 0 Å². The van der Waals surface area contributed by atoms with Gasteiger partial charge < -0.3 is 19.9 Å². The largest absolute Gasteiger partial charge is 0.493 e. The van der Waals surface area contributed by atoms with Crippen molar-refractivity contribution in [1.29, 1.82) is 0 Å². The van der Waals surface area contributed by atoms with E-state index in [1.807, 2.05) is 0 Å². The lowest BCUT2D eigenvalue weighted by Crippen LogP contribution is -2.42. The van der Waals surface area contributed by atoms with E-state index in [1.165, 1.54) is 21.1 Å². The van der Waals surface area contributed by atoms with Crippen molar-refractivity contribution >= 4 is 18.4 Å². The molecule has 126 valence electrons. The number of carbonyl (C=O) groups excluding carboxylic acids is 1. The average molecular weight is 344 g/mol. The van der Waals surface area contributed by atoms with Gasteiger partial charge >= 0.3 is 11.9 Å². The van der Waals surface area contributed by atoms with Crippen molar-refractivity contribution in [3.05, 3.63) is 23.5 Å². The van der Waals surface area contributed by atoms with Crippen molar-refractivity contribution in [1.82, 2.24) is 0 Å². The molecule has 0 aliphatic rings. The summed E-state index contributed by atoms with van der Waals surface area (Å²) in [4.78, 5) is 11.2. The predicted octanol–water partition coefficient (Wildman–Crippen LogP) is 2.46. The molecule has 2 N–H and O–H groups in total. The second kappa shape index (κ2) is 8.09. The number of methoxy groups -OCH3 is 2. The van der Waals surface area contributed by atoms with Crippen molar-refractivity contribution in [2.24, 2.45) is 5.73 Å². The van der Waals surface area contributed by atoms with Gasteiger partial charge in [-0.1, -0.05) is 0 Å². The monoisotopic (exact) mass is 343 g/mol. The lowest BCUT2D eigenvalue weighted by atomic mass is 10.00. The number of benzene rings is 1. The van der Waals surface area contributed by atoms with Crippen molar-refractivity contribution < 1.29 is 32.2 Å². The molecule has 1 rings (SSSR count). The first-order chi connectivity index (χ1) is 9.79. The molecule has 0 aliphatic carbocycles. The maximum absolute atomic E-state index is 13.9. The van der Waals surface area contributed by atoms with E-state index in [9.17, 15) is 18.0 Å². The van der Waals surface area contributed by atoms with E-state index >= 15 is 0 Å². The summed E-state index contributed by atoms with van der Waals surface area (Å²) in [6, 6.07) is -0.391. The summed E-state index contributed by atoms with van der Waals surface area (Å²) in [5, 5.41) is 0. The molecule has 9 heteroatoms. The van der Waals surface area contributed by atoms with Gasteiger partial charge in [0.1, 0.15) is 11.9 Å². The molecule has 0 aromatic heterocycles. The molecular weight excluding hydrogens is 327 g/mol. The summed E-state index contributed by atoms with van der Waals surface area (Å²) in [7, 11) is 2.53. The highest BCUT2D eigenvalue weighted by atomic mass is 35.5. The highest BCUT2D eigenvalue weighted by Gasteiger charge is 2.48. The minimum Gasteiger partial charge on any atom is -0.493 e. The molecule has 1 aromatic carbocycles. The van der Waals surface area contributed by atoms with Crippen molar-refractivity contribution in [3.63, 3.8) is 0 Å². The number of carbonyl (C=O) groups is 1. The molecule has 0 saturated carbocycles. The summed E-state index contributed by atoms with van der Waals surface area (Å²) < 4.78 is 55.5. The van der Waals surface area contributed by atoms with Crippen molar-refractivity contribution in [2.45, 2.75) is 18.9 Å². The van der Waals surface area contributed by atoms with Crippen LogP contribution in [0.5, 0.6) is 11.5 Å². The van der Waals surface area contributed by atoms with Gasteiger partial charge in [0.2, 0.25) is 0 Å². The highest BCUT2D eigenvalue weighted by Crippen LogP contribution is 2.37. The lowest BCUT2D eigenvalue weighted by Gasteiger charge is -2.23. The first-order valence-corrected chi connectivity index (χ1v) is 6.01. The predicted molar refractivity (Wildman–Crippen MR) is 75.3 cm³/mol. The Balaban J connectivity index is 0.00000441. The third kappa shape index (κ3) is 3.95. The number of ether oxygens (including phenoxy) is 3. The Labute approximate surface area is 131 Å². The van der Waals surface area contributed by atoms with E-state index in [-0.39, 0.29) is 30.5 Å². The van der Waals surface area contributed by atoms with E-state index in [4.69, 9.17) is 15.2 Å². The Morgan fingerprint density at radius 1 is 1.27 bits per heavy atom. The number of halogens is 4. The van der Waals surface area contributed by atoms with Crippen LogP contribution in [0.2, 0.25) is 0 Å². The molecule has 0 aliphatic heterocycles. The Hall–Kier alpha value is -1.67. The first-order valence-electron chi connectivity index (χ1n) is 6.01. The quantitative estimate of drug-likeness (QED) is 0.803. The average Bonchev–Trinajstić information content (AvgIpc) is 2.46. The van der Waals surface area contributed by atoms with Gasteiger partial charge in [-0.25, -0.2) is 9.18 Å². The van der Waals surface area contributed by atoms with E-state index < -0.39 is 29.3 Å². The van der Waals surface area contributed by atoms with Crippen LogP contribution in [0.3, 0.4) is 0 Å². The summed E-state index contributed by atoms with van der Waals surface area (Å²) in [5.74, 6) is -6.89. The molecule has 1 aromatic rings. The minimum atomic E-state index is -4.07. The smallest absolute Gasteiger partial charge is 0.379 e. The van der Waals surface area contributed by atoms with Crippen molar-refractivity contribution in [2.75, 3.05) is 20.8 Å². The number of esters is 1. The van der Waals surface area contributed by atoms with Crippen LogP contribution in [0.25, 0.3) is 0 Å². The molecule has 0 spiro atoms. The number of nitrogens with two attached hydrogens (primary N) is 1. The molecule has 0 amide bonds. The van der Waals surface area contributed by atoms with Crippen molar-refractivity contribution in [3.8, 4) is 11.5 Å².